The Balaban J connectivity index is 2.34. The van der Waals surface area contributed by atoms with Gasteiger partial charge in [0.25, 0.3) is 0 Å². The summed E-state index contributed by atoms with van der Waals surface area (Å²) in [4.78, 5) is 13.6. The molecule has 26 heavy (non-hydrogen) atoms. The van der Waals surface area contributed by atoms with Crippen LogP contribution in [0.5, 0.6) is 5.75 Å². The summed E-state index contributed by atoms with van der Waals surface area (Å²) >= 11 is 0. The Bertz CT molecular complexity index is 714. The van der Waals surface area contributed by atoms with Crippen LogP contribution >= 0.6 is 7.75 Å². The molecule has 12 heteroatoms. The van der Waals surface area contributed by atoms with Crippen LogP contribution in [0.1, 0.15) is 20.8 Å². The molecule has 1 atom stereocenters. The van der Waals surface area contributed by atoms with Crippen LogP contribution in [0.15, 0.2) is 35.2 Å². The summed E-state index contributed by atoms with van der Waals surface area (Å²) in [7, 11) is -4.36. The maximum atomic E-state index is 12.8. The molecule has 0 radical (unpaired) electrons. The van der Waals surface area contributed by atoms with E-state index in [4.69, 9.17) is 18.5 Å². The lowest BCUT2D eigenvalue weighted by Crippen LogP contribution is -2.60. The van der Waals surface area contributed by atoms with Gasteiger partial charge in [0.2, 0.25) is 0 Å². The number of ether oxygens (including phenoxy) is 2. The van der Waals surface area contributed by atoms with Crippen molar-refractivity contribution in [3.05, 3.63) is 45.7 Å². The molecule has 1 fully saturated rings. The van der Waals surface area contributed by atoms with Crippen LogP contribution in [0.4, 0.5) is 0 Å². The van der Waals surface area contributed by atoms with Crippen molar-refractivity contribution in [1.29, 1.82) is 0 Å². The van der Waals surface area contributed by atoms with Gasteiger partial charge >= 0.3 is 13.4 Å². The first-order valence-electron chi connectivity index (χ1n) is 7.75. The van der Waals surface area contributed by atoms with Crippen LogP contribution < -0.4 is 4.52 Å². The summed E-state index contributed by atoms with van der Waals surface area (Å²) < 4.78 is 33.4. The number of rotatable bonds is 7. The Kier molecular flexibility index (Phi) is 5.97. The maximum Gasteiger partial charge on any atom is 0.563 e. The fourth-order valence-electron chi connectivity index (χ4n) is 1.98. The Morgan fingerprint density at radius 1 is 1.23 bits per heavy atom. The molecule has 0 bridgehead atoms. The highest BCUT2D eigenvalue weighted by atomic mass is 31.2. The molecule has 1 aliphatic heterocycles. The van der Waals surface area contributed by atoms with Crippen molar-refractivity contribution in [2.45, 2.75) is 32.2 Å². The molecule has 1 aliphatic rings. The molecule has 1 unspecified atom stereocenters. The smallest absolute Gasteiger partial charge is 0.563 e. The van der Waals surface area contributed by atoms with E-state index < -0.39 is 37.3 Å². The number of para-hydroxylation sites is 1. The molecule has 144 valence electrons. The molecule has 0 N–H and O–H groups in total. The van der Waals surface area contributed by atoms with Gasteiger partial charge in [-0.1, -0.05) is 18.2 Å². The number of hydrogen-bond donors (Lipinski definition) is 0. The summed E-state index contributed by atoms with van der Waals surface area (Å²) in [5, 5.41) is 24.0. The van der Waals surface area contributed by atoms with E-state index in [0.717, 1.165) is 0 Å². The minimum atomic E-state index is -4.36. The second kappa shape index (κ2) is 7.67. The predicted octanol–water partition coefficient (Wildman–Crippen LogP) is 2.93. The van der Waals surface area contributed by atoms with E-state index in [-0.39, 0.29) is 17.2 Å². The van der Waals surface area contributed by atoms with E-state index in [1.807, 2.05) is 0 Å². The molecule has 1 aromatic rings. The first kappa shape index (κ1) is 20.2. The van der Waals surface area contributed by atoms with Crippen LogP contribution in [-0.4, -0.2) is 41.1 Å². The van der Waals surface area contributed by atoms with Crippen molar-refractivity contribution >= 4 is 7.75 Å². The number of benzene rings is 1. The SMILES string of the molecule is CCOP(=O)(/N=[N+](\[O-])C1([N+](=O)[O-])COC(C)(C)OC1)Oc1ccccc1. The van der Waals surface area contributed by atoms with Gasteiger partial charge in [0.1, 0.15) is 15.6 Å². The third-order valence-electron chi connectivity index (χ3n) is 3.44. The van der Waals surface area contributed by atoms with E-state index in [2.05, 4.69) is 4.88 Å². The van der Waals surface area contributed by atoms with Gasteiger partial charge in [0.05, 0.1) is 6.61 Å². The predicted molar refractivity (Wildman–Crippen MR) is 88.1 cm³/mol. The molecular weight excluding hydrogens is 369 g/mol. The van der Waals surface area contributed by atoms with Gasteiger partial charge in [-0.3, -0.25) is 14.6 Å². The summed E-state index contributed by atoms with van der Waals surface area (Å²) in [6.45, 7) is 3.30. The average Bonchev–Trinajstić information content (AvgIpc) is 2.55. The highest BCUT2D eigenvalue weighted by molar-refractivity contribution is 7.52. The van der Waals surface area contributed by atoms with Crippen molar-refractivity contribution < 1.29 is 32.9 Å². The van der Waals surface area contributed by atoms with E-state index in [0.29, 0.717) is 0 Å². The zero-order chi connectivity index (χ0) is 19.4. The standard InChI is InChI=1S/C14H20N3O8P/c1-4-24-26(21,25-12-8-6-5-7-9-12)15-16(18)14(17(19)20)10-22-13(2,3)23-11-14/h5-9H,4,10-11H2,1-3H3/b16-15-. The number of hydrogen-bond acceptors (Lipinski definition) is 8. The third kappa shape index (κ3) is 4.55. The molecule has 11 nitrogen and oxygen atoms in total. The molecule has 2 rings (SSSR count). The fourth-order valence-corrected chi connectivity index (χ4v) is 3.20. The van der Waals surface area contributed by atoms with E-state index in [1.165, 1.54) is 19.1 Å². The Labute approximate surface area is 149 Å². The van der Waals surface area contributed by atoms with Crippen LogP contribution in [0, 0.1) is 15.3 Å². The molecule has 1 heterocycles. The van der Waals surface area contributed by atoms with Crippen molar-refractivity contribution in [2.75, 3.05) is 19.8 Å². The molecule has 0 saturated carbocycles. The Morgan fingerprint density at radius 2 is 1.81 bits per heavy atom. The van der Waals surface area contributed by atoms with Crippen molar-refractivity contribution in [2.24, 2.45) is 4.88 Å². The second-order valence-electron chi connectivity index (χ2n) is 5.87. The Hall–Kier alpha value is -2.07. The number of hydroxylamine groups is 1. The van der Waals surface area contributed by atoms with Crippen LogP contribution in [0.3, 0.4) is 0 Å². The zero-order valence-electron chi connectivity index (χ0n) is 14.6. The summed E-state index contributed by atoms with van der Waals surface area (Å²) in [6, 6.07) is 7.90. The number of nitro groups is 1. The van der Waals surface area contributed by atoms with Gasteiger partial charge < -0.3 is 19.2 Å². The zero-order valence-corrected chi connectivity index (χ0v) is 15.5. The second-order valence-corrected chi connectivity index (χ2v) is 7.43. The molecule has 0 amide bonds. The van der Waals surface area contributed by atoms with E-state index in [9.17, 15) is 19.9 Å². The lowest BCUT2D eigenvalue weighted by atomic mass is 10.2. The quantitative estimate of drug-likeness (QED) is 0.173. The normalized spacial score (nSPS) is 21.6. The molecular formula is C14H20N3O8P. The maximum absolute atomic E-state index is 12.8. The highest BCUT2D eigenvalue weighted by Crippen LogP contribution is 2.50. The van der Waals surface area contributed by atoms with Gasteiger partial charge in [-0.15, -0.1) is 0 Å². The van der Waals surface area contributed by atoms with Gasteiger partial charge in [-0.25, -0.2) is 4.57 Å². The monoisotopic (exact) mass is 389 g/mol. The molecule has 1 aromatic carbocycles. The van der Waals surface area contributed by atoms with Gasteiger partial charge in [0.15, 0.2) is 19.0 Å². The first-order chi connectivity index (χ1) is 12.1. The van der Waals surface area contributed by atoms with E-state index in [1.54, 1.807) is 32.0 Å². The minimum Gasteiger partial charge on any atom is -0.594 e. The van der Waals surface area contributed by atoms with Crippen LogP contribution in [0.25, 0.3) is 0 Å². The largest absolute Gasteiger partial charge is 0.594 e. The van der Waals surface area contributed by atoms with Crippen molar-refractivity contribution in [3.8, 4) is 5.75 Å². The van der Waals surface area contributed by atoms with Crippen molar-refractivity contribution in [3.63, 3.8) is 0 Å². The van der Waals surface area contributed by atoms with Crippen LogP contribution in [0.2, 0.25) is 0 Å². The minimum absolute atomic E-state index is 0.0903. The molecule has 0 spiro atoms. The lowest BCUT2D eigenvalue weighted by Gasteiger charge is -2.34. The molecule has 0 aromatic heterocycles. The highest BCUT2D eigenvalue weighted by Gasteiger charge is 2.61. The third-order valence-corrected chi connectivity index (χ3v) is 4.85. The summed E-state index contributed by atoms with van der Waals surface area (Å²) in [5.41, 5.74) is -2.40. The number of nitrogens with zero attached hydrogens (tertiary/aromatic N) is 3. The van der Waals surface area contributed by atoms with Gasteiger partial charge in [-0.2, -0.15) is 0 Å². The van der Waals surface area contributed by atoms with Crippen molar-refractivity contribution in [1.82, 2.24) is 0 Å². The average molecular weight is 389 g/mol. The van der Waals surface area contributed by atoms with Gasteiger partial charge in [-0.05, 0) is 37.8 Å². The first-order valence-corrected chi connectivity index (χ1v) is 9.24. The van der Waals surface area contributed by atoms with E-state index >= 15 is 0 Å². The molecule has 1 saturated heterocycles. The Morgan fingerprint density at radius 3 is 2.31 bits per heavy atom. The fraction of sp³-hybridized carbons (Fsp3) is 0.571. The van der Waals surface area contributed by atoms with Crippen LogP contribution in [-0.2, 0) is 18.6 Å². The topological polar surface area (TPSA) is 136 Å². The van der Waals surface area contributed by atoms with Gasteiger partial charge in [0, 0.05) is 0 Å². The lowest BCUT2D eigenvalue weighted by molar-refractivity contribution is -0.824. The summed E-state index contributed by atoms with van der Waals surface area (Å²) in [6.07, 6.45) is 0. The molecule has 0 aliphatic carbocycles. The summed E-state index contributed by atoms with van der Waals surface area (Å²) in [5.74, 6) is -0.960.